The molecule has 0 aliphatic rings. The molecule has 0 aliphatic carbocycles. The van der Waals surface area contributed by atoms with Crippen LogP contribution in [0.15, 0.2) is 12.4 Å². The fourth-order valence-electron chi connectivity index (χ4n) is 1.41. The number of urea groups is 1. The van der Waals surface area contributed by atoms with Gasteiger partial charge >= 0.3 is 6.03 Å². The molecule has 1 aromatic heterocycles. The molecule has 0 bridgehead atoms. The SMILES string of the molecule is CC(C)CNC(=O)NCC(C)(O)c1cnn(C)c1. The van der Waals surface area contributed by atoms with E-state index in [4.69, 9.17) is 0 Å². The molecule has 1 unspecified atom stereocenters. The lowest BCUT2D eigenvalue weighted by Crippen LogP contribution is -2.44. The molecule has 1 aromatic rings. The topological polar surface area (TPSA) is 79.2 Å². The molecule has 3 N–H and O–H groups in total. The monoisotopic (exact) mass is 254 g/mol. The lowest BCUT2D eigenvalue weighted by molar-refractivity contribution is 0.0593. The number of aromatic nitrogens is 2. The van der Waals surface area contributed by atoms with Gasteiger partial charge in [-0.1, -0.05) is 13.8 Å². The fourth-order valence-corrected chi connectivity index (χ4v) is 1.41. The first-order valence-corrected chi connectivity index (χ1v) is 6.04. The third kappa shape index (κ3) is 4.37. The predicted molar refractivity (Wildman–Crippen MR) is 69.0 cm³/mol. The van der Waals surface area contributed by atoms with Crippen LogP contribution in [0.3, 0.4) is 0 Å². The minimum Gasteiger partial charge on any atom is -0.383 e. The smallest absolute Gasteiger partial charge is 0.314 e. The highest BCUT2D eigenvalue weighted by molar-refractivity contribution is 5.73. The van der Waals surface area contributed by atoms with Crippen molar-refractivity contribution in [1.29, 1.82) is 0 Å². The van der Waals surface area contributed by atoms with E-state index < -0.39 is 5.60 Å². The molecule has 0 fully saturated rings. The van der Waals surface area contributed by atoms with E-state index in [0.717, 1.165) is 0 Å². The zero-order chi connectivity index (χ0) is 13.8. The summed E-state index contributed by atoms with van der Waals surface area (Å²) in [5, 5.41) is 19.6. The quantitative estimate of drug-likeness (QED) is 0.719. The Kier molecular flexibility index (Phi) is 4.72. The molecular formula is C12H22N4O2. The molecule has 18 heavy (non-hydrogen) atoms. The van der Waals surface area contributed by atoms with E-state index in [-0.39, 0.29) is 12.6 Å². The molecular weight excluding hydrogens is 232 g/mol. The number of hydrogen-bond donors (Lipinski definition) is 3. The van der Waals surface area contributed by atoms with Crippen molar-refractivity contribution in [3.63, 3.8) is 0 Å². The number of amides is 2. The van der Waals surface area contributed by atoms with E-state index in [2.05, 4.69) is 15.7 Å². The Balaban J connectivity index is 2.44. The molecule has 0 saturated heterocycles. The first-order chi connectivity index (χ1) is 8.31. The molecule has 0 radical (unpaired) electrons. The van der Waals surface area contributed by atoms with Gasteiger partial charge in [0.15, 0.2) is 0 Å². The molecule has 2 amide bonds. The van der Waals surface area contributed by atoms with Crippen molar-refractivity contribution >= 4 is 6.03 Å². The highest BCUT2D eigenvalue weighted by Gasteiger charge is 2.25. The van der Waals surface area contributed by atoms with Crippen molar-refractivity contribution in [1.82, 2.24) is 20.4 Å². The molecule has 1 rings (SSSR count). The van der Waals surface area contributed by atoms with Crippen LogP contribution in [0.2, 0.25) is 0 Å². The summed E-state index contributed by atoms with van der Waals surface area (Å²) in [6, 6.07) is -0.270. The van der Waals surface area contributed by atoms with Crippen LogP contribution in [-0.4, -0.2) is 34.0 Å². The summed E-state index contributed by atoms with van der Waals surface area (Å²) < 4.78 is 1.61. The average molecular weight is 254 g/mol. The Morgan fingerprint density at radius 3 is 2.72 bits per heavy atom. The second kappa shape index (κ2) is 5.86. The minimum absolute atomic E-state index is 0.141. The van der Waals surface area contributed by atoms with Crippen LogP contribution in [-0.2, 0) is 12.6 Å². The second-order valence-electron chi connectivity index (χ2n) is 5.13. The zero-order valence-electron chi connectivity index (χ0n) is 11.4. The van der Waals surface area contributed by atoms with E-state index in [1.165, 1.54) is 0 Å². The van der Waals surface area contributed by atoms with Crippen LogP contribution >= 0.6 is 0 Å². The van der Waals surface area contributed by atoms with Gasteiger partial charge in [0.25, 0.3) is 0 Å². The number of hydrogen-bond acceptors (Lipinski definition) is 3. The van der Waals surface area contributed by atoms with Crippen LogP contribution in [0.25, 0.3) is 0 Å². The van der Waals surface area contributed by atoms with Crippen LogP contribution < -0.4 is 10.6 Å². The molecule has 0 aliphatic heterocycles. The van der Waals surface area contributed by atoms with Gasteiger partial charge < -0.3 is 15.7 Å². The Bertz CT molecular complexity index is 399. The number of carbonyl (C=O) groups is 1. The minimum atomic E-state index is -1.12. The van der Waals surface area contributed by atoms with Crippen LogP contribution in [0.4, 0.5) is 4.79 Å². The van der Waals surface area contributed by atoms with E-state index in [0.29, 0.717) is 18.0 Å². The highest BCUT2D eigenvalue weighted by Crippen LogP contribution is 2.18. The van der Waals surface area contributed by atoms with Gasteiger partial charge in [-0.15, -0.1) is 0 Å². The number of rotatable bonds is 5. The van der Waals surface area contributed by atoms with E-state index in [1.54, 1.807) is 31.0 Å². The largest absolute Gasteiger partial charge is 0.383 e. The van der Waals surface area contributed by atoms with Gasteiger partial charge in [0.1, 0.15) is 5.60 Å². The normalized spacial score (nSPS) is 14.3. The molecule has 0 aromatic carbocycles. The molecule has 6 heteroatoms. The maximum Gasteiger partial charge on any atom is 0.314 e. The molecule has 6 nitrogen and oxygen atoms in total. The Hall–Kier alpha value is -1.56. The summed E-state index contributed by atoms with van der Waals surface area (Å²) >= 11 is 0. The van der Waals surface area contributed by atoms with Gasteiger partial charge in [-0.2, -0.15) is 5.10 Å². The van der Waals surface area contributed by atoms with Crippen molar-refractivity contribution in [2.24, 2.45) is 13.0 Å². The van der Waals surface area contributed by atoms with Gasteiger partial charge in [0.05, 0.1) is 12.7 Å². The summed E-state index contributed by atoms with van der Waals surface area (Å²) in [6.07, 6.45) is 3.32. The van der Waals surface area contributed by atoms with Crippen molar-refractivity contribution in [3.05, 3.63) is 18.0 Å². The van der Waals surface area contributed by atoms with Crippen LogP contribution in [0.5, 0.6) is 0 Å². The van der Waals surface area contributed by atoms with Crippen LogP contribution in [0.1, 0.15) is 26.3 Å². The third-order valence-electron chi connectivity index (χ3n) is 2.59. The van der Waals surface area contributed by atoms with E-state index >= 15 is 0 Å². The Morgan fingerprint density at radius 2 is 2.22 bits per heavy atom. The first-order valence-electron chi connectivity index (χ1n) is 6.04. The Morgan fingerprint density at radius 1 is 1.56 bits per heavy atom. The van der Waals surface area contributed by atoms with Crippen molar-refractivity contribution < 1.29 is 9.90 Å². The van der Waals surface area contributed by atoms with Gasteiger partial charge in [0.2, 0.25) is 0 Å². The zero-order valence-corrected chi connectivity index (χ0v) is 11.4. The average Bonchev–Trinajstić information content (AvgIpc) is 2.71. The molecule has 0 spiro atoms. The Labute approximate surface area is 107 Å². The lowest BCUT2D eigenvalue weighted by atomic mass is 10.00. The summed E-state index contributed by atoms with van der Waals surface area (Å²) in [4.78, 5) is 11.5. The van der Waals surface area contributed by atoms with E-state index in [1.807, 2.05) is 13.8 Å². The first kappa shape index (κ1) is 14.5. The number of aliphatic hydroxyl groups is 1. The molecule has 0 saturated carbocycles. The van der Waals surface area contributed by atoms with Gasteiger partial charge in [-0.3, -0.25) is 4.68 Å². The summed E-state index contributed by atoms with van der Waals surface area (Å²) in [5.74, 6) is 0.398. The van der Waals surface area contributed by atoms with Crippen molar-refractivity contribution in [2.75, 3.05) is 13.1 Å². The molecule has 1 heterocycles. The third-order valence-corrected chi connectivity index (χ3v) is 2.59. The summed E-state index contributed by atoms with van der Waals surface area (Å²) in [5.41, 5.74) is -0.446. The second-order valence-corrected chi connectivity index (χ2v) is 5.13. The standard InChI is InChI=1S/C12H22N4O2/c1-9(2)5-13-11(17)14-8-12(3,18)10-6-15-16(4)7-10/h6-7,9,18H,5,8H2,1-4H3,(H2,13,14,17). The predicted octanol–water partition coefficient (Wildman–Crippen LogP) is 0.583. The number of carbonyl (C=O) groups excluding carboxylic acids is 1. The molecule has 1 atom stereocenters. The van der Waals surface area contributed by atoms with Crippen molar-refractivity contribution in [3.8, 4) is 0 Å². The number of aryl methyl sites for hydroxylation is 1. The number of nitrogens with one attached hydrogen (secondary N) is 2. The maximum atomic E-state index is 11.5. The maximum absolute atomic E-state index is 11.5. The van der Waals surface area contributed by atoms with Crippen molar-refractivity contribution in [2.45, 2.75) is 26.4 Å². The fraction of sp³-hybridized carbons (Fsp3) is 0.667. The van der Waals surface area contributed by atoms with E-state index in [9.17, 15) is 9.90 Å². The number of nitrogens with zero attached hydrogens (tertiary/aromatic N) is 2. The highest BCUT2D eigenvalue weighted by atomic mass is 16.3. The van der Waals surface area contributed by atoms with Gasteiger partial charge in [-0.25, -0.2) is 4.79 Å². The summed E-state index contributed by atoms with van der Waals surface area (Å²) in [7, 11) is 1.78. The van der Waals surface area contributed by atoms with Gasteiger partial charge in [0, 0.05) is 25.4 Å². The summed E-state index contributed by atoms with van der Waals surface area (Å²) in [6.45, 7) is 6.44. The molecule has 102 valence electrons. The van der Waals surface area contributed by atoms with Crippen LogP contribution in [0, 0.1) is 5.92 Å². The lowest BCUT2D eigenvalue weighted by Gasteiger charge is -2.22. The van der Waals surface area contributed by atoms with Gasteiger partial charge in [-0.05, 0) is 12.8 Å².